The van der Waals surface area contributed by atoms with Crippen molar-refractivity contribution in [3.05, 3.63) is 35.9 Å². The molecule has 1 saturated heterocycles. The lowest BCUT2D eigenvalue weighted by Crippen LogP contribution is -2.53. The molecule has 5 nitrogen and oxygen atoms in total. The third-order valence-electron chi connectivity index (χ3n) is 3.93. The minimum absolute atomic E-state index is 0.0368. The standard InChI is InChI=1S/C16H24N2O3/c1-11-8-14(9-12(2)21-11)20-10-16(18,15(17)19)13-6-4-3-5-7-13/h3-7,11-12,14H,8-10,18H2,1-2H3,(H2,17,19). The molecule has 0 bridgehead atoms. The lowest BCUT2D eigenvalue weighted by atomic mass is 9.91. The molecule has 0 aromatic heterocycles. The fraction of sp³-hybridized carbons (Fsp3) is 0.562. The van der Waals surface area contributed by atoms with Crippen molar-refractivity contribution in [2.24, 2.45) is 11.5 Å². The zero-order chi connectivity index (χ0) is 15.5. The van der Waals surface area contributed by atoms with E-state index in [9.17, 15) is 4.79 Å². The highest BCUT2D eigenvalue weighted by Gasteiger charge is 2.36. The Morgan fingerprint density at radius 2 is 1.86 bits per heavy atom. The molecule has 0 spiro atoms. The van der Waals surface area contributed by atoms with Crippen LogP contribution in [0.4, 0.5) is 0 Å². The topological polar surface area (TPSA) is 87.6 Å². The molecule has 0 aliphatic carbocycles. The first-order valence-corrected chi connectivity index (χ1v) is 7.33. The van der Waals surface area contributed by atoms with Gasteiger partial charge in [-0.2, -0.15) is 0 Å². The van der Waals surface area contributed by atoms with Gasteiger partial charge >= 0.3 is 0 Å². The maximum Gasteiger partial charge on any atom is 0.244 e. The number of carbonyl (C=O) groups is 1. The second-order valence-electron chi connectivity index (χ2n) is 5.86. The number of nitrogens with two attached hydrogens (primary N) is 2. The SMILES string of the molecule is CC1CC(OCC(N)(C(N)=O)c2ccccc2)CC(C)O1. The maximum absolute atomic E-state index is 11.8. The molecule has 1 aliphatic heterocycles. The predicted molar refractivity (Wildman–Crippen MR) is 80.5 cm³/mol. The van der Waals surface area contributed by atoms with Gasteiger partial charge in [0.2, 0.25) is 5.91 Å². The molecule has 116 valence electrons. The van der Waals surface area contributed by atoms with E-state index in [-0.39, 0.29) is 24.9 Å². The van der Waals surface area contributed by atoms with Crippen LogP contribution in [0.1, 0.15) is 32.3 Å². The first kappa shape index (κ1) is 15.9. The summed E-state index contributed by atoms with van der Waals surface area (Å²) in [5.41, 5.74) is 11.1. The molecule has 1 heterocycles. The van der Waals surface area contributed by atoms with Crippen LogP contribution in [0.3, 0.4) is 0 Å². The molecule has 1 aromatic carbocycles. The van der Waals surface area contributed by atoms with Crippen molar-refractivity contribution in [2.75, 3.05) is 6.61 Å². The van der Waals surface area contributed by atoms with Crippen LogP contribution in [0, 0.1) is 0 Å². The van der Waals surface area contributed by atoms with Crippen molar-refractivity contribution in [3.63, 3.8) is 0 Å². The van der Waals surface area contributed by atoms with E-state index in [2.05, 4.69) is 0 Å². The van der Waals surface area contributed by atoms with Gasteiger partial charge in [0, 0.05) is 0 Å². The van der Waals surface area contributed by atoms with E-state index in [1.807, 2.05) is 32.0 Å². The summed E-state index contributed by atoms with van der Waals surface area (Å²) in [5, 5.41) is 0. The maximum atomic E-state index is 11.8. The van der Waals surface area contributed by atoms with Gasteiger partial charge < -0.3 is 20.9 Å². The van der Waals surface area contributed by atoms with Crippen LogP contribution in [0.25, 0.3) is 0 Å². The Morgan fingerprint density at radius 3 is 2.38 bits per heavy atom. The van der Waals surface area contributed by atoms with Crippen molar-refractivity contribution in [1.82, 2.24) is 0 Å². The summed E-state index contributed by atoms with van der Waals surface area (Å²) in [5.74, 6) is -0.582. The molecule has 3 unspecified atom stereocenters. The molecule has 3 atom stereocenters. The normalized spacial score (nSPS) is 28.8. The van der Waals surface area contributed by atoms with E-state index in [1.54, 1.807) is 12.1 Å². The van der Waals surface area contributed by atoms with Crippen molar-refractivity contribution < 1.29 is 14.3 Å². The van der Waals surface area contributed by atoms with Crippen molar-refractivity contribution in [2.45, 2.75) is 50.5 Å². The van der Waals surface area contributed by atoms with Gasteiger partial charge in [0.05, 0.1) is 24.9 Å². The lowest BCUT2D eigenvalue weighted by Gasteiger charge is -2.34. The van der Waals surface area contributed by atoms with Crippen LogP contribution in [0.2, 0.25) is 0 Å². The average molecular weight is 292 g/mol. The van der Waals surface area contributed by atoms with E-state index in [4.69, 9.17) is 20.9 Å². The summed E-state index contributed by atoms with van der Waals surface area (Å²) in [4.78, 5) is 11.8. The predicted octanol–water partition coefficient (Wildman–Crippen LogP) is 1.30. The Morgan fingerprint density at radius 1 is 1.29 bits per heavy atom. The molecular weight excluding hydrogens is 268 g/mol. The third kappa shape index (κ3) is 3.81. The van der Waals surface area contributed by atoms with Gasteiger partial charge in [-0.3, -0.25) is 4.79 Å². The van der Waals surface area contributed by atoms with Crippen LogP contribution >= 0.6 is 0 Å². The van der Waals surface area contributed by atoms with Crippen molar-refractivity contribution in [1.29, 1.82) is 0 Å². The Hall–Kier alpha value is -1.43. The molecular formula is C16H24N2O3. The molecule has 0 saturated carbocycles. The second-order valence-corrected chi connectivity index (χ2v) is 5.86. The Bertz CT molecular complexity index is 470. The van der Waals surface area contributed by atoms with Crippen molar-refractivity contribution >= 4 is 5.91 Å². The molecule has 0 radical (unpaired) electrons. The monoisotopic (exact) mass is 292 g/mol. The zero-order valence-corrected chi connectivity index (χ0v) is 12.6. The van der Waals surface area contributed by atoms with E-state index < -0.39 is 11.4 Å². The first-order valence-electron chi connectivity index (χ1n) is 7.33. The van der Waals surface area contributed by atoms with Crippen LogP contribution in [-0.2, 0) is 19.8 Å². The van der Waals surface area contributed by atoms with E-state index >= 15 is 0 Å². The molecule has 1 aromatic rings. The second kappa shape index (κ2) is 6.56. The average Bonchev–Trinajstić information content (AvgIpc) is 2.44. The van der Waals surface area contributed by atoms with Gasteiger partial charge in [-0.1, -0.05) is 30.3 Å². The first-order chi connectivity index (χ1) is 9.91. The number of carbonyl (C=O) groups excluding carboxylic acids is 1. The number of benzene rings is 1. The number of amides is 1. The van der Waals surface area contributed by atoms with Gasteiger partial charge in [-0.25, -0.2) is 0 Å². The summed E-state index contributed by atoms with van der Waals surface area (Å²) in [7, 11) is 0. The van der Waals surface area contributed by atoms with Crippen LogP contribution < -0.4 is 11.5 Å². The van der Waals surface area contributed by atoms with Gasteiger partial charge in [-0.05, 0) is 32.3 Å². The van der Waals surface area contributed by atoms with Crippen LogP contribution in [0.15, 0.2) is 30.3 Å². The summed E-state index contributed by atoms with van der Waals surface area (Å²) in [6.45, 7) is 4.12. The van der Waals surface area contributed by atoms with Gasteiger partial charge in [0.25, 0.3) is 0 Å². The van der Waals surface area contributed by atoms with Crippen molar-refractivity contribution in [3.8, 4) is 0 Å². The molecule has 1 amide bonds. The third-order valence-corrected chi connectivity index (χ3v) is 3.93. The Balaban J connectivity index is 2.06. The molecule has 5 heteroatoms. The van der Waals surface area contributed by atoms with E-state index in [0.717, 1.165) is 12.8 Å². The Labute approximate surface area is 125 Å². The van der Waals surface area contributed by atoms with E-state index in [0.29, 0.717) is 5.56 Å². The molecule has 2 rings (SSSR count). The van der Waals surface area contributed by atoms with Crippen LogP contribution in [0.5, 0.6) is 0 Å². The van der Waals surface area contributed by atoms with E-state index in [1.165, 1.54) is 0 Å². The molecule has 1 aliphatic rings. The number of hydrogen-bond acceptors (Lipinski definition) is 4. The molecule has 21 heavy (non-hydrogen) atoms. The highest BCUT2D eigenvalue weighted by Crippen LogP contribution is 2.25. The minimum Gasteiger partial charge on any atom is -0.375 e. The summed E-state index contributed by atoms with van der Waals surface area (Å²) >= 11 is 0. The van der Waals surface area contributed by atoms with Gasteiger partial charge in [0.15, 0.2) is 0 Å². The quantitative estimate of drug-likeness (QED) is 0.856. The highest BCUT2D eigenvalue weighted by atomic mass is 16.5. The largest absolute Gasteiger partial charge is 0.375 e. The summed E-state index contributed by atoms with van der Waals surface area (Å²) in [6, 6.07) is 9.12. The number of primary amides is 1. The fourth-order valence-corrected chi connectivity index (χ4v) is 2.76. The highest BCUT2D eigenvalue weighted by molar-refractivity contribution is 5.86. The Kier molecular flexibility index (Phi) is 4.98. The number of rotatable bonds is 5. The smallest absolute Gasteiger partial charge is 0.244 e. The summed E-state index contributed by atoms with van der Waals surface area (Å²) in [6.07, 6.45) is 1.93. The molecule has 1 fully saturated rings. The minimum atomic E-state index is -1.30. The van der Waals surface area contributed by atoms with Crippen LogP contribution in [-0.4, -0.2) is 30.8 Å². The lowest BCUT2D eigenvalue weighted by molar-refractivity contribution is -0.132. The zero-order valence-electron chi connectivity index (χ0n) is 12.6. The fourth-order valence-electron chi connectivity index (χ4n) is 2.76. The number of hydrogen-bond donors (Lipinski definition) is 2. The molecule has 4 N–H and O–H groups in total. The number of ether oxygens (including phenoxy) is 2. The van der Waals surface area contributed by atoms with Gasteiger partial charge in [-0.15, -0.1) is 0 Å². The summed E-state index contributed by atoms with van der Waals surface area (Å²) < 4.78 is 11.6. The van der Waals surface area contributed by atoms with Gasteiger partial charge in [0.1, 0.15) is 5.54 Å².